The Morgan fingerprint density at radius 1 is 0.542 bits per heavy atom. The summed E-state index contributed by atoms with van der Waals surface area (Å²) in [6.07, 6.45) is 23.2. The number of allylic oxidation sites excluding steroid dienone is 2. The molecule has 2 nitrogen and oxygen atoms in total. The molecule has 0 atom stereocenters. The van der Waals surface area contributed by atoms with Gasteiger partial charge < -0.3 is 4.74 Å². The highest BCUT2D eigenvalue weighted by Crippen LogP contribution is 2.81. The number of benzene rings is 5. The number of ketones is 1. The predicted octanol–water partition coefficient (Wildman–Crippen LogP) is 15.9. The standard InChI is InChI=1S/C57H66O2/c1-5-9-12-32-55-34-36-56(37-35-55,33-13-10-6-2)57(55)53-40-47(45-18-16-42(17-19-45)39-49(58)15-8-4)26-30-51(53)52-31-27-48(41-54(52)57)46-22-20-43(21-23-46)44-24-28-50(29-25-44)59-38-14-11-7-3/h8,15-31,40-41H,5-7,9-14,32-39H2,1-4H3/b15-8+. The van der Waals surface area contributed by atoms with Crippen molar-refractivity contribution in [3.8, 4) is 50.3 Å². The second-order valence-electron chi connectivity index (χ2n) is 18.2. The number of hydrogen-bond donors (Lipinski definition) is 0. The minimum Gasteiger partial charge on any atom is -0.494 e. The van der Waals surface area contributed by atoms with E-state index in [2.05, 4.69) is 130 Å². The highest BCUT2D eigenvalue weighted by molar-refractivity contribution is 5.91. The van der Waals surface area contributed by atoms with Crippen LogP contribution in [0.5, 0.6) is 5.75 Å². The van der Waals surface area contributed by atoms with E-state index in [1.165, 1.54) is 134 Å². The lowest BCUT2D eigenvalue weighted by atomic mass is 9.54. The van der Waals surface area contributed by atoms with Crippen molar-refractivity contribution in [2.24, 2.45) is 10.8 Å². The molecular formula is C57H66O2. The zero-order valence-electron chi connectivity index (χ0n) is 36.4. The molecule has 0 unspecified atom stereocenters. The molecule has 3 aliphatic rings. The summed E-state index contributed by atoms with van der Waals surface area (Å²) in [7, 11) is 0. The van der Waals surface area contributed by atoms with Gasteiger partial charge in [0.1, 0.15) is 5.75 Å². The van der Waals surface area contributed by atoms with Crippen molar-refractivity contribution in [1.29, 1.82) is 0 Å². The van der Waals surface area contributed by atoms with E-state index in [4.69, 9.17) is 4.74 Å². The van der Waals surface area contributed by atoms with E-state index in [9.17, 15) is 4.79 Å². The summed E-state index contributed by atoms with van der Waals surface area (Å²) in [6.45, 7) is 9.63. The van der Waals surface area contributed by atoms with Crippen LogP contribution in [0.3, 0.4) is 0 Å². The molecule has 306 valence electrons. The van der Waals surface area contributed by atoms with Crippen LogP contribution in [0.2, 0.25) is 0 Å². The maximum atomic E-state index is 12.4. The van der Waals surface area contributed by atoms with Gasteiger partial charge >= 0.3 is 0 Å². The Bertz CT molecular complexity index is 2200. The van der Waals surface area contributed by atoms with Crippen molar-refractivity contribution >= 4 is 5.78 Å². The number of rotatable bonds is 19. The summed E-state index contributed by atoms with van der Waals surface area (Å²) in [5.41, 5.74) is 15.3. The van der Waals surface area contributed by atoms with Gasteiger partial charge in [0.2, 0.25) is 0 Å². The molecule has 5 aromatic carbocycles. The smallest absolute Gasteiger partial charge is 0.159 e. The third kappa shape index (κ3) is 7.55. The van der Waals surface area contributed by atoms with Gasteiger partial charge in [-0.1, -0.05) is 163 Å². The minimum atomic E-state index is -0.00266. The van der Waals surface area contributed by atoms with E-state index in [0.29, 0.717) is 6.42 Å². The van der Waals surface area contributed by atoms with Gasteiger partial charge in [-0.15, -0.1) is 0 Å². The third-order valence-corrected chi connectivity index (χ3v) is 14.9. The van der Waals surface area contributed by atoms with Gasteiger partial charge in [0, 0.05) is 11.8 Å². The first kappa shape index (κ1) is 41.1. The minimum absolute atomic E-state index is 0.00266. The number of fused-ring (bicyclic) bond motifs is 3. The van der Waals surface area contributed by atoms with Crippen molar-refractivity contribution in [1.82, 2.24) is 0 Å². The molecule has 0 radical (unpaired) electrons. The fourth-order valence-electron chi connectivity index (χ4n) is 12.0. The lowest BCUT2D eigenvalue weighted by molar-refractivity contribution is -0.114. The number of carbonyl (C=O) groups is 1. The first-order valence-corrected chi connectivity index (χ1v) is 23.3. The fourth-order valence-corrected chi connectivity index (χ4v) is 12.0. The maximum absolute atomic E-state index is 12.4. The Balaban J connectivity index is 1.20. The quantitative estimate of drug-likeness (QED) is 0.0616. The van der Waals surface area contributed by atoms with E-state index in [0.717, 1.165) is 24.3 Å². The van der Waals surface area contributed by atoms with Crippen molar-refractivity contribution in [2.75, 3.05) is 6.61 Å². The zero-order valence-corrected chi connectivity index (χ0v) is 36.4. The second kappa shape index (κ2) is 17.9. The van der Waals surface area contributed by atoms with E-state index in [-0.39, 0.29) is 22.0 Å². The first-order valence-electron chi connectivity index (χ1n) is 23.3. The molecule has 3 aliphatic carbocycles. The second-order valence-corrected chi connectivity index (χ2v) is 18.2. The van der Waals surface area contributed by atoms with Crippen LogP contribution < -0.4 is 4.74 Å². The molecule has 2 fully saturated rings. The number of unbranched alkanes of at least 4 members (excludes halogenated alkanes) is 6. The average molecular weight is 783 g/mol. The Morgan fingerprint density at radius 3 is 1.44 bits per heavy atom. The lowest BCUT2D eigenvalue weighted by Gasteiger charge is -2.48. The Morgan fingerprint density at radius 2 is 0.966 bits per heavy atom. The van der Waals surface area contributed by atoms with E-state index < -0.39 is 0 Å². The molecule has 8 rings (SSSR count). The van der Waals surface area contributed by atoms with Crippen molar-refractivity contribution < 1.29 is 9.53 Å². The van der Waals surface area contributed by atoms with E-state index in [1.807, 2.05) is 13.0 Å². The van der Waals surface area contributed by atoms with E-state index in [1.54, 1.807) is 17.2 Å². The third-order valence-electron chi connectivity index (χ3n) is 14.9. The van der Waals surface area contributed by atoms with Gasteiger partial charge in [0.25, 0.3) is 0 Å². The van der Waals surface area contributed by atoms with Crippen LogP contribution >= 0.6 is 0 Å². The highest BCUT2D eigenvalue weighted by atomic mass is 16.5. The molecule has 2 saturated carbocycles. The Kier molecular flexibility index (Phi) is 12.4. The molecule has 0 aliphatic heterocycles. The summed E-state index contributed by atoms with van der Waals surface area (Å²) < 4.78 is 6.00. The Labute approximate surface area is 355 Å². The SMILES string of the molecule is C/C=C/C(=O)Cc1ccc(-c2ccc3c(c2)C2(c4cc(-c5ccc(-c6ccc(OCCCCC)cc6)cc5)ccc4-3)C3(CCCCC)CCC2(CCCCC)CC3)cc1. The molecule has 2 bridgehead atoms. The van der Waals surface area contributed by atoms with Gasteiger partial charge in [-0.05, 0) is 154 Å². The molecule has 59 heavy (non-hydrogen) atoms. The number of carbonyl (C=O) groups excluding carboxylic acids is 1. The molecular weight excluding hydrogens is 717 g/mol. The van der Waals surface area contributed by atoms with Crippen LogP contribution in [0.1, 0.15) is 141 Å². The van der Waals surface area contributed by atoms with Crippen LogP contribution in [0.15, 0.2) is 121 Å². The summed E-state index contributed by atoms with van der Waals surface area (Å²) in [6, 6.07) is 41.7. The molecule has 0 heterocycles. The van der Waals surface area contributed by atoms with Crippen molar-refractivity contribution in [3.63, 3.8) is 0 Å². The summed E-state index contributed by atoms with van der Waals surface area (Å²) in [5, 5.41) is 0. The van der Waals surface area contributed by atoms with Crippen LogP contribution in [-0.2, 0) is 16.6 Å². The average Bonchev–Trinajstić information content (AvgIpc) is 3.83. The zero-order chi connectivity index (χ0) is 40.9. The molecule has 0 saturated heterocycles. The molecule has 1 spiro atoms. The molecule has 0 amide bonds. The molecule has 0 N–H and O–H groups in total. The summed E-state index contributed by atoms with van der Waals surface area (Å²) in [5.74, 6) is 1.11. The Hall–Kier alpha value is -4.69. The van der Waals surface area contributed by atoms with Crippen LogP contribution in [0, 0.1) is 10.8 Å². The van der Waals surface area contributed by atoms with Crippen molar-refractivity contribution in [3.05, 3.63) is 138 Å². The van der Waals surface area contributed by atoms with Crippen molar-refractivity contribution in [2.45, 2.75) is 136 Å². The predicted molar refractivity (Wildman–Crippen MR) is 249 cm³/mol. The van der Waals surface area contributed by atoms with Gasteiger partial charge in [0.05, 0.1) is 6.61 Å². The van der Waals surface area contributed by atoms with Gasteiger partial charge in [0.15, 0.2) is 5.78 Å². The van der Waals surface area contributed by atoms with Crippen LogP contribution in [0.25, 0.3) is 44.5 Å². The monoisotopic (exact) mass is 783 g/mol. The largest absolute Gasteiger partial charge is 0.494 e. The topological polar surface area (TPSA) is 26.3 Å². The fraction of sp³-hybridized carbons (Fsp3) is 0.421. The lowest BCUT2D eigenvalue weighted by Crippen LogP contribution is -2.45. The number of ether oxygens (including phenoxy) is 1. The molecule has 5 aromatic rings. The van der Waals surface area contributed by atoms with Gasteiger partial charge in [-0.25, -0.2) is 0 Å². The maximum Gasteiger partial charge on any atom is 0.159 e. The number of hydrogen-bond acceptors (Lipinski definition) is 2. The normalized spacial score (nSPS) is 21.4. The van der Waals surface area contributed by atoms with Gasteiger partial charge in [-0.3, -0.25) is 4.79 Å². The molecule has 0 aromatic heterocycles. The molecule has 2 heteroatoms. The van der Waals surface area contributed by atoms with Gasteiger partial charge in [-0.2, -0.15) is 0 Å². The first-order chi connectivity index (χ1) is 28.9. The highest BCUT2D eigenvalue weighted by Gasteiger charge is 2.74. The van der Waals surface area contributed by atoms with E-state index >= 15 is 0 Å². The summed E-state index contributed by atoms with van der Waals surface area (Å²) in [4.78, 5) is 12.4. The van der Waals surface area contributed by atoms with Crippen LogP contribution in [0.4, 0.5) is 0 Å². The summed E-state index contributed by atoms with van der Waals surface area (Å²) >= 11 is 0. The van der Waals surface area contributed by atoms with Crippen LogP contribution in [-0.4, -0.2) is 12.4 Å².